The van der Waals surface area contributed by atoms with Gasteiger partial charge in [-0.15, -0.1) is 0 Å². The highest BCUT2D eigenvalue weighted by Gasteiger charge is 2.20. The van der Waals surface area contributed by atoms with Crippen LogP contribution in [0.2, 0.25) is 5.02 Å². The fourth-order valence-corrected chi connectivity index (χ4v) is 1.89. The summed E-state index contributed by atoms with van der Waals surface area (Å²) >= 11 is 9.02. The highest BCUT2D eigenvalue weighted by molar-refractivity contribution is 9.10. The summed E-state index contributed by atoms with van der Waals surface area (Å²) in [4.78, 5) is 10.8. The molecule has 15 heavy (non-hydrogen) atoms. The normalized spacial score (nSPS) is 14.7. The van der Waals surface area contributed by atoms with Crippen LogP contribution in [0.25, 0.3) is 0 Å². The molecule has 1 aromatic rings. The molecule has 0 heterocycles. The van der Waals surface area contributed by atoms with Crippen molar-refractivity contribution in [3.05, 3.63) is 34.6 Å². The molecule has 0 N–H and O–H groups in total. The number of carbonyl (C=O) groups is 1. The molecule has 0 saturated heterocycles. The third-order valence-corrected chi connectivity index (χ3v) is 3.89. The van der Waals surface area contributed by atoms with Crippen LogP contribution >= 0.6 is 27.5 Å². The van der Waals surface area contributed by atoms with Gasteiger partial charge in [-0.05, 0) is 30.7 Å². The molecule has 0 amide bonds. The monoisotopic (exact) mass is 292 g/mol. The summed E-state index contributed by atoms with van der Waals surface area (Å²) in [6.45, 7) is 3.35. The van der Waals surface area contributed by atoms with Crippen molar-refractivity contribution < 1.29 is 9.18 Å². The number of ketones is 1. The summed E-state index contributed by atoms with van der Waals surface area (Å²) < 4.78 is 13.1. The average molecular weight is 294 g/mol. The molecule has 82 valence electrons. The standard InChI is InChI=1S/C11H11BrClFO/c1-6(11(12)7(2)15)8-3-9(13)5-10(14)4-8/h3-6,11H,1-2H3. The largest absolute Gasteiger partial charge is 0.299 e. The Bertz CT molecular complexity index is 361. The second-order valence-corrected chi connectivity index (χ2v) is 4.93. The Morgan fingerprint density at radius 1 is 1.47 bits per heavy atom. The van der Waals surface area contributed by atoms with Gasteiger partial charge in [0, 0.05) is 10.9 Å². The topological polar surface area (TPSA) is 17.1 Å². The zero-order valence-electron chi connectivity index (χ0n) is 8.43. The molecule has 0 aliphatic rings. The SMILES string of the molecule is CC(=O)C(Br)C(C)c1cc(F)cc(Cl)c1. The maximum Gasteiger partial charge on any atom is 0.144 e. The minimum atomic E-state index is -0.382. The van der Waals surface area contributed by atoms with Crippen LogP contribution in [0.4, 0.5) is 4.39 Å². The third kappa shape index (κ3) is 3.28. The van der Waals surface area contributed by atoms with Crippen LogP contribution in [0.1, 0.15) is 25.3 Å². The van der Waals surface area contributed by atoms with Gasteiger partial charge >= 0.3 is 0 Å². The van der Waals surface area contributed by atoms with E-state index in [4.69, 9.17) is 11.6 Å². The molecule has 1 nitrogen and oxygen atoms in total. The number of hydrogen-bond donors (Lipinski definition) is 0. The molecule has 0 aliphatic carbocycles. The Morgan fingerprint density at radius 3 is 2.53 bits per heavy atom. The highest BCUT2D eigenvalue weighted by atomic mass is 79.9. The van der Waals surface area contributed by atoms with E-state index in [2.05, 4.69) is 15.9 Å². The molecule has 0 aromatic heterocycles. The van der Waals surface area contributed by atoms with Crippen molar-refractivity contribution in [2.75, 3.05) is 0 Å². The second kappa shape index (κ2) is 5.08. The Morgan fingerprint density at radius 2 is 2.07 bits per heavy atom. The summed E-state index contributed by atoms with van der Waals surface area (Å²) in [6.07, 6.45) is 0. The second-order valence-electron chi connectivity index (χ2n) is 3.50. The predicted molar refractivity (Wildman–Crippen MR) is 63.2 cm³/mol. The van der Waals surface area contributed by atoms with Crippen LogP contribution in [0.15, 0.2) is 18.2 Å². The molecule has 2 unspecified atom stereocenters. The Hall–Kier alpha value is -0.410. The van der Waals surface area contributed by atoms with E-state index in [-0.39, 0.29) is 22.3 Å². The van der Waals surface area contributed by atoms with Crippen molar-refractivity contribution in [2.45, 2.75) is 24.6 Å². The first-order chi connectivity index (χ1) is 6.91. The lowest BCUT2D eigenvalue weighted by atomic mass is 9.96. The fourth-order valence-electron chi connectivity index (χ4n) is 1.36. The van der Waals surface area contributed by atoms with E-state index in [1.807, 2.05) is 6.92 Å². The van der Waals surface area contributed by atoms with Crippen molar-refractivity contribution in [1.29, 1.82) is 0 Å². The maximum absolute atomic E-state index is 13.1. The average Bonchev–Trinajstić information content (AvgIpc) is 2.13. The first-order valence-corrected chi connectivity index (χ1v) is 5.81. The van der Waals surface area contributed by atoms with E-state index >= 15 is 0 Å². The van der Waals surface area contributed by atoms with Crippen LogP contribution in [-0.2, 0) is 4.79 Å². The van der Waals surface area contributed by atoms with E-state index in [1.54, 1.807) is 6.07 Å². The number of alkyl halides is 1. The Balaban J connectivity index is 3.00. The van der Waals surface area contributed by atoms with Crippen LogP contribution in [0.3, 0.4) is 0 Å². The molecule has 0 radical (unpaired) electrons. The summed E-state index contributed by atoms with van der Waals surface area (Å²) in [5.41, 5.74) is 0.720. The summed E-state index contributed by atoms with van der Waals surface area (Å²) in [6, 6.07) is 4.31. The van der Waals surface area contributed by atoms with Gasteiger partial charge in [-0.2, -0.15) is 0 Å². The van der Waals surface area contributed by atoms with E-state index in [9.17, 15) is 9.18 Å². The minimum Gasteiger partial charge on any atom is -0.299 e. The summed E-state index contributed by atoms with van der Waals surface area (Å²) in [7, 11) is 0. The quantitative estimate of drug-likeness (QED) is 0.772. The van der Waals surface area contributed by atoms with Gasteiger partial charge in [-0.25, -0.2) is 4.39 Å². The first kappa shape index (κ1) is 12.7. The lowest BCUT2D eigenvalue weighted by Gasteiger charge is -2.16. The van der Waals surface area contributed by atoms with E-state index in [0.29, 0.717) is 5.02 Å². The zero-order valence-corrected chi connectivity index (χ0v) is 10.8. The number of carbonyl (C=O) groups excluding carboxylic acids is 1. The highest BCUT2D eigenvalue weighted by Crippen LogP contribution is 2.28. The van der Waals surface area contributed by atoms with Crippen LogP contribution in [0, 0.1) is 5.82 Å². The van der Waals surface area contributed by atoms with Crippen molar-refractivity contribution in [3.63, 3.8) is 0 Å². The van der Waals surface area contributed by atoms with Gasteiger partial charge in [0.05, 0.1) is 4.83 Å². The van der Waals surface area contributed by atoms with Gasteiger partial charge in [0.2, 0.25) is 0 Å². The number of halogens is 3. The molecule has 0 fully saturated rings. The summed E-state index contributed by atoms with van der Waals surface area (Å²) in [5, 5.41) is 0.347. The van der Waals surface area contributed by atoms with Crippen LogP contribution in [-0.4, -0.2) is 10.6 Å². The Labute approximate surface area is 102 Å². The maximum atomic E-state index is 13.1. The lowest BCUT2D eigenvalue weighted by molar-refractivity contribution is -0.116. The molecule has 4 heteroatoms. The minimum absolute atomic E-state index is 0.0166. The molecule has 2 atom stereocenters. The molecule has 0 saturated carbocycles. The predicted octanol–water partition coefficient (Wildman–Crippen LogP) is 3.94. The van der Waals surface area contributed by atoms with Gasteiger partial charge < -0.3 is 0 Å². The van der Waals surface area contributed by atoms with E-state index in [0.717, 1.165) is 5.56 Å². The van der Waals surface area contributed by atoms with Crippen molar-refractivity contribution in [2.24, 2.45) is 0 Å². The molecule has 1 rings (SSSR count). The van der Waals surface area contributed by atoms with Crippen molar-refractivity contribution in [3.8, 4) is 0 Å². The Kier molecular flexibility index (Phi) is 4.29. The van der Waals surface area contributed by atoms with Gasteiger partial charge in [-0.1, -0.05) is 34.5 Å². The lowest BCUT2D eigenvalue weighted by Crippen LogP contribution is -2.17. The van der Waals surface area contributed by atoms with Crippen molar-refractivity contribution >= 4 is 33.3 Å². The van der Waals surface area contributed by atoms with Crippen molar-refractivity contribution in [1.82, 2.24) is 0 Å². The molecular weight excluding hydrogens is 282 g/mol. The first-order valence-electron chi connectivity index (χ1n) is 4.52. The van der Waals surface area contributed by atoms with Gasteiger partial charge in [0.15, 0.2) is 0 Å². The van der Waals surface area contributed by atoms with Gasteiger partial charge in [0.1, 0.15) is 11.6 Å². The van der Waals surface area contributed by atoms with Gasteiger partial charge in [0.25, 0.3) is 0 Å². The molecule has 0 aliphatic heterocycles. The summed E-state index contributed by atoms with van der Waals surface area (Å²) in [5.74, 6) is -0.466. The smallest absolute Gasteiger partial charge is 0.144 e. The zero-order chi connectivity index (χ0) is 11.6. The number of hydrogen-bond acceptors (Lipinski definition) is 1. The number of Topliss-reactive ketones (excluding diaryl/α,β-unsaturated/α-hetero) is 1. The molecular formula is C11H11BrClFO. The number of benzene rings is 1. The molecule has 0 bridgehead atoms. The van der Waals surface area contributed by atoms with Crippen LogP contribution < -0.4 is 0 Å². The van der Waals surface area contributed by atoms with E-state index in [1.165, 1.54) is 19.1 Å². The fraction of sp³-hybridized carbons (Fsp3) is 0.364. The van der Waals surface area contributed by atoms with Gasteiger partial charge in [-0.3, -0.25) is 4.79 Å². The van der Waals surface area contributed by atoms with E-state index < -0.39 is 0 Å². The number of rotatable bonds is 3. The third-order valence-electron chi connectivity index (χ3n) is 2.24. The molecule has 0 spiro atoms. The molecule has 1 aromatic carbocycles. The van der Waals surface area contributed by atoms with Crippen LogP contribution in [0.5, 0.6) is 0 Å².